The molecule has 1 atom stereocenters. The number of H-pyrrole nitrogens is 1. The van der Waals surface area contributed by atoms with Crippen molar-refractivity contribution in [3.8, 4) is 0 Å². The summed E-state index contributed by atoms with van der Waals surface area (Å²) in [6, 6.07) is 7.01. The van der Waals surface area contributed by atoms with Gasteiger partial charge < -0.3 is 9.88 Å². The second kappa shape index (κ2) is 7.59. The first-order valence-electron chi connectivity index (χ1n) is 8.46. The highest BCUT2D eigenvalue weighted by molar-refractivity contribution is 5.93. The van der Waals surface area contributed by atoms with Crippen molar-refractivity contribution < 1.29 is 13.6 Å². The monoisotopic (exact) mass is 346 g/mol. The molecule has 0 aliphatic carbocycles. The van der Waals surface area contributed by atoms with E-state index in [0.29, 0.717) is 25.9 Å². The maximum atomic E-state index is 13.7. The second-order valence-electron chi connectivity index (χ2n) is 6.41. The molecule has 1 fully saturated rings. The van der Waals surface area contributed by atoms with E-state index in [2.05, 4.69) is 4.98 Å². The lowest BCUT2D eigenvalue weighted by Crippen LogP contribution is -2.41. The number of carbonyl (C=O) groups is 1. The molecule has 1 aliphatic rings. The standard InChI is InChI=1S/C19H20F2N2O2/c20-16-6-1-7-17(21)14(16)9-8-13-4-3-11-23(12-13)19(25)15-5-2-10-22-18(15)24/h1-2,5-7,10,13H,3-4,8-9,11-12H2,(H,22,24)/t13-/m0/s1. The normalized spacial score (nSPS) is 17.5. The molecular weight excluding hydrogens is 326 g/mol. The first-order valence-corrected chi connectivity index (χ1v) is 8.46. The van der Waals surface area contributed by atoms with Gasteiger partial charge in [-0.15, -0.1) is 0 Å². The van der Waals surface area contributed by atoms with E-state index >= 15 is 0 Å². The van der Waals surface area contributed by atoms with Gasteiger partial charge in [0.15, 0.2) is 0 Å². The number of nitrogens with one attached hydrogen (secondary N) is 1. The maximum Gasteiger partial charge on any atom is 0.260 e. The Labute approximate surface area is 144 Å². The third-order valence-electron chi connectivity index (χ3n) is 4.72. The molecule has 2 aromatic rings. The molecular formula is C19H20F2N2O2. The number of piperidine rings is 1. The van der Waals surface area contributed by atoms with Gasteiger partial charge in [0.25, 0.3) is 11.5 Å². The number of pyridine rings is 1. The summed E-state index contributed by atoms with van der Waals surface area (Å²) in [5, 5.41) is 0. The van der Waals surface area contributed by atoms with Crippen LogP contribution in [0.15, 0.2) is 41.3 Å². The molecule has 0 bridgehead atoms. The molecule has 1 amide bonds. The average molecular weight is 346 g/mol. The van der Waals surface area contributed by atoms with E-state index in [1.54, 1.807) is 11.0 Å². The molecule has 0 spiro atoms. The van der Waals surface area contributed by atoms with Crippen molar-refractivity contribution in [3.63, 3.8) is 0 Å². The fraction of sp³-hybridized carbons (Fsp3) is 0.368. The fourth-order valence-corrected chi connectivity index (χ4v) is 3.37. The van der Waals surface area contributed by atoms with Crippen LogP contribution in [0.25, 0.3) is 0 Å². The Balaban J connectivity index is 1.64. The van der Waals surface area contributed by atoms with Gasteiger partial charge in [0.2, 0.25) is 0 Å². The van der Waals surface area contributed by atoms with Gasteiger partial charge in [-0.25, -0.2) is 8.78 Å². The second-order valence-corrected chi connectivity index (χ2v) is 6.41. The number of carbonyl (C=O) groups excluding carboxylic acids is 1. The minimum atomic E-state index is -0.528. The molecule has 0 radical (unpaired) electrons. The number of hydrogen-bond donors (Lipinski definition) is 1. The molecule has 4 nitrogen and oxygen atoms in total. The minimum Gasteiger partial charge on any atom is -0.338 e. The van der Waals surface area contributed by atoms with Crippen LogP contribution in [0.3, 0.4) is 0 Å². The number of rotatable bonds is 4. The Morgan fingerprint density at radius 2 is 1.96 bits per heavy atom. The van der Waals surface area contributed by atoms with Crippen LogP contribution in [0.1, 0.15) is 35.2 Å². The Kier molecular flexibility index (Phi) is 5.26. The summed E-state index contributed by atoms with van der Waals surface area (Å²) in [7, 11) is 0. The van der Waals surface area contributed by atoms with Crippen molar-refractivity contribution in [2.24, 2.45) is 5.92 Å². The number of benzene rings is 1. The van der Waals surface area contributed by atoms with E-state index < -0.39 is 17.2 Å². The molecule has 1 aliphatic heterocycles. The SMILES string of the molecule is O=C(c1ccc[nH]c1=O)N1CCC[C@@H](CCc2c(F)cccc2F)C1. The summed E-state index contributed by atoms with van der Waals surface area (Å²) in [4.78, 5) is 28.5. The van der Waals surface area contributed by atoms with Gasteiger partial charge in [-0.2, -0.15) is 0 Å². The van der Waals surface area contributed by atoms with E-state index in [1.165, 1.54) is 30.5 Å². The highest BCUT2D eigenvalue weighted by Gasteiger charge is 2.26. The zero-order valence-corrected chi connectivity index (χ0v) is 13.8. The molecule has 3 rings (SSSR count). The quantitative estimate of drug-likeness (QED) is 0.925. The minimum absolute atomic E-state index is 0.102. The molecule has 25 heavy (non-hydrogen) atoms. The maximum absolute atomic E-state index is 13.7. The predicted molar refractivity (Wildman–Crippen MR) is 90.4 cm³/mol. The van der Waals surface area contributed by atoms with E-state index in [1.807, 2.05) is 0 Å². The number of amides is 1. The number of likely N-dealkylation sites (tertiary alicyclic amines) is 1. The van der Waals surface area contributed by atoms with Gasteiger partial charge in [0.1, 0.15) is 17.2 Å². The predicted octanol–water partition coefficient (Wildman–Crippen LogP) is 3.14. The number of aromatic nitrogens is 1. The Morgan fingerprint density at radius 1 is 1.20 bits per heavy atom. The molecule has 6 heteroatoms. The van der Waals surface area contributed by atoms with Crippen LogP contribution in [0.5, 0.6) is 0 Å². The molecule has 0 unspecified atom stereocenters. The highest BCUT2D eigenvalue weighted by atomic mass is 19.1. The van der Waals surface area contributed by atoms with Crippen molar-refractivity contribution in [3.05, 3.63) is 69.6 Å². The lowest BCUT2D eigenvalue weighted by atomic mass is 9.91. The Morgan fingerprint density at radius 3 is 2.68 bits per heavy atom. The van der Waals surface area contributed by atoms with E-state index in [4.69, 9.17) is 0 Å². The molecule has 1 aromatic carbocycles. The molecule has 1 aromatic heterocycles. The smallest absolute Gasteiger partial charge is 0.260 e. The Hall–Kier alpha value is -2.50. The van der Waals surface area contributed by atoms with Gasteiger partial charge in [0, 0.05) is 24.8 Å². The van der Waals surface area contributed by atoms with Gasteiger partial charge in [-0.1, -0.05) is 6.07 Å². The first kappa shape index (κ1) is 17.3. The van der Waals surface area contributed by atoms with E-state index in [0.717, 1.165) is 12.8 Å². The highest BCUT2D eigenvalue weighted by Crippen LogP contribution is 2.24. The third kappa shape index (κ3) is 3.95. The summed E-state index contributed by atoms with van der Waals surface area (Å²) in [5.41, 5.74) is -0.170. The summed E-state index contributed by atoms with van der Waals surface area (Å²) in [6.07, 6.45) is 4.12. The zero-order chi connectivity index (χ0) is 17.8. The number of halogens is 2. The van der Waals surface area contributed by atoms with Gasteiger partial charge in [-0.05, 0) is 55.9 Å². The number of nitrogens with zero attached hydrogens (tertiary/aromatic N) is 1. The van der Waals surface area contributed by atoms with Crippen molar-refractivity contribution in [1.82, 2.24) is 9.88 Å². The van der Waals surface area contributed by atoms with Crippen LogP contribution in [-0.4, -0.2) is 28.9 Å². The average Bonchev–Trinajstić information content (AvgIpc) is 2.61. The van der Waals surface area contributed by atoms with Crippen LogP contribution in [0.2, 0.25) is 0 Å². The Bertz CT molecular complexity index is 799. The van der Waals surface area contributed by atoms with Crippen LogP contribution in [-0.2, 0) is 6.42 Å². The summed E-state index contributed by atoms with van der Waals surface area (Å²) >= 11 is 0. The van der Waals surface area contributed by atoms with Crippen LogP contribution >= 0.6 is 0 Å². The van der Waals surface area contributed by atoms with Gasteiger partial charge in [-0.3, -0.25) is 9.59 Å². The molecule has 0 saturated carbocycles. The van der Waals surface area contributed by atoms with Crippen LogP contribution in [0, 0.1) is 17.6 Å². The summed E-state index contributed by atoms with van der Waals surface area (Å²) in [5.74, 6) is -1.18. The lowest BCUT2D eigenvalue weighted by Gasteiger charge is -2.32. The third-order valence-corrected chi connectivity index (χ3v) is 4.72. The van der Waals surface area contributed by atoms with Crippen LogP contribution in [0.4, 0.5) is 8.78 Å². The number of hydrogen-bond acceptors (Lipinski definition) is 2. The molecule has 1 N–H and O–H groups in total. The van der Waals surface area contributed by atoms with Gasteiger partial charge in [0.05, 0.1) is 0 Å². The first-order chi connectivity index (χ1) is 12.1. The van der Waals surface area contributed by atoms with Crippen molar-refractivity contribution in [2.45, 2.75) is 25.7 Å². The zero-order valence-electron chi connectivity index (χ0n) is 13.8. The molecule has 2 heterocycles. The number of aromatic amines is 1. The van der Waals surface area contributed by atoms with Crippen molar-refractivity contribution in [2.75, 3.05) is 13.1 Å². The largest absolute Gasteiger partial charge is 0.338 e. The van der Waals surface area contributed by atoms with E-state index in [-0.39, 0.29) is 23.0 Å². The van der Waals surface area contributed by atoms with Gasteiger partial charge >= 0.3 is 0 Å². The summed E-state index contributed by atoms with van der Waals surface area (Å²) in [6.45, 7) is 1.10. The summed E-state index contributed by atoms with van der Waals surface area (Å²) < 4.78 is 27.5. The molecule has 1 saturated heterocycles. The topological polar surface area (TPSA) is 53.2 Å². The fourth-order valence-electron chi connectivity index (χ4n) is 3.37. The van der Waals surface area contributed by atoms with Crippen molar-refractivity contribution in [1.29, 1.82) is 0 Å². The van der Waals surface area contributed by atoms with E-state index in [9.17, 15) is 18.4 Å². The molecule has 132 valence electrons. The lowest BCUT2D eigenvalue weighted by molar-refractivity contribution is 0.0666. The van der Waals surface area contributed by atoms with Crippen LogP contribution < -0.4 is 5.56 Å². The van der Waals surface area contributed by atoms with Crippen molar-refractivity contribution >= 4 is 5.91 Å².